The van der Waals surface area contributed by atoms with Crippen LogP contribution < -0.4 is 4.74 Å². The normalized spacial score (nSPS) is 13.3. The van der Waals surface area contributed by atoms with Crippen molar-refractivity contribution in [2.24, 2.45) is 0 Å². The first-order valence-corrected chi connectivity index (χ1v) is 5.89. The Morgan fingerprint density at radius 2 is 1.60 bits per heavy atom. The van der Waals surface area contributed by atoms with Crippen molar-refractivity contribution >= 4 is 11.8 Å². The lowest BCUT2D eigenvalue weighted by molar-refractivity contribution is 0.469. The first-order valence-electron chi connectivity index (χ1n) is 4.91. The van der Waals surface area contributed by atoms with Crippen molar-refractivity contribution in [2.45, 2.75) is 10.6 Å². The summed E-state index contributed by atoms with van der Waals surface area (Å²) in [6, 6.07) is 16.4. The molecule has 74 valence electrons. The fourth-order valence-corrected chi connectivity index (χ4v) is 2.63. The van der Waals surface area contributed by atoms with Gasteiger partial charge in [0.1, 0.15) is 11.5 Å². The average Bonchev–Trinajstić information content (AvgIpc) is 2.48. The van der Waals surface area contributed by atoms with Crippen LogP contribution in [0.15, 0.2) is 53.4 Å². The maximum absolute atomic E-state index is 5.88. The van der Waals surface area contributed by atoms with Crippen molar-refractivity contribution in [3.05, 3.63) is 54.1 Å². The minimum absolute atomic E-state index is 0.965. The molecule has 0 unspecified atom stereocenters. The summed E-state index contributed by atoms with van der Waals surface area (Å²) in [4.78, 5) is 1.22. The van der Waals surface area contributed by atoms with Crippen molar-refractivity contribution in [2.75, 3.05) is 0 Å². The van der Waals surface area contributed by atoms with Crippen LogP contribution >= 0.6 is 11.8 Å². The lowest BCUT2D eigenvalue weighted by Gasteiger charge is -2.06. The second kappa shape index (κ2) is 3.63. The van der Waals surface area contributed by atoms with E-state index in [1.54, 1.807) is 0 Å². The Kier molecular flexibility index (Phi) is 2.14. The Morgan fingerprint density at radius 3 is 2.53 bits per heavy atom. The predicted molar refractivity (Wildman–Crippen MR) is 62.5 cm³/mol. The zero-order chi connectivity index (χ0) is 10.1. The highest BCUT2D eigenvalue weighted by molar-refractivity contribution is 7.98. The van der Waals surface area contributed by atoms with E-state index in [0.29, 0.717) is 0 Å². The molecule has 0 fully saturated rings. The van der Waals surface area contributed by atoms with E-state index in [0.717, 1.165) is 17.3 Å². The largest absolute Gasteiger partial charge is 0.456 e. The van der Waals surface area contributed by atoms with E-state index in [1.807, 2.05) is 42.1 Å². The van der Waals surface area contributed by atoms with Gasteiger partial charge in [0.25, 0.3) is 0 Å². The van der Waals surface area contributed by atoms with Gasteiger partial charge in [0.05, 0.1) is 4.90 Å². The van der Waals surface area contributed by atoms with Crippen molar-refractivity contribution in [1.82, 2.24) is 0 Å². The molecule has 0 atom stereocenters. The molecule has 1 aliphatic heterocycles. The van der Waals surface area contributed by atoms with Crippen LogP contribution in [0.1, 0.15) is 5.56 Å². The fraction of sp³-hybridized carbons (Fsp3) is 0.0769. The van der Waals surface area contributed by atoms with Gasteiger partial charge in [0.2, 0.25) is 0 Å². The van der Waals surface area contributed by atoms with Gasteiger partial charge in [-0.2, -0.15) is 0 Å². The van der Waals surface area contributed by atoms with E-state index in [-0.39, 0.29) is 0 Å². The zero-order valence-electron chi connectivity index (χ0n) is 8.14. The smallest absolute Gasteiger partial charge is 0.141 e. The van der Waals surface area contributed by atoms with Gasteiger partial charge in [-0.1, -0.05) is 30.3 Å². The SMILES string of the molecule is c1ccc2c(c1)CSc1ccccc1O2. The summed E-state index contributed by atoms with van der Waals surface area (Å²) in [7, 11) is 0. The van der Waals surface area contributed by atoms with Crippen LogP contribution in [0, 0.1) is 0 Å². The molecule has 0 bridgehead atoms. The molecule has 3 rings (SSSR count). The Labute approximate surface area is 93.1 Å². The number of benzene rings is 2. The number of ether oxygens (including phenoxy) is 1. The number of thioether (sulfide) groups is 1. The summed E-state index contributed by atoms with van der Waals surface area (Å²) < 4.78 is 5.88. The van der Waals surface area contributed by atoms with Crippen LogP contribution in [0.2, 0.25) is 0 Å². The summed E-state index contributed by atoms with van der Waals surface area (Å²) in [6.45, 7) is 0. The van der Waals surface area contributed by atoms with E-state index in [9.17, 15) is 0 Å². The summed E-state index contributed by atoms with van der Waals surface area (Å²) in [5.74, 6) is 2.93. The molecule has 0 amide bonds. The number of rotatable bonds is 0. The molecule has 1 heterocycles. The fourth-order valence-electron chi connectivity index (χ4n) is 1.65. The van der Waals surface area contributed by atoms with Crippen molar-refractivity contribution in [1.29, 1.82) is 0 Å². The highest BCUT2D eigenvalue weighted by Crippen LogP contribution is 2.40. The lowest BCUT2D eigenvalue weighted by Crippen LogP contribution is -1.86. The summed E-state index contributed by atoms with van der Waals surface area (Å²) >= 11 is 1.83. The van der Waals surface area contributed by atoms with E-state index < -0.39 is 0 Å². The minimum atomic E-state index is 0.965. The molecule has 0 aromatic heterocycles. The van der Waals surface area contributed by atoms with Crippen LogP contribution in [0.25, 0.3) is 0 Å². The first-order chi connectivity index (χ1) is 7.43. The van der Waals surface area contributed by atoms with Gasteiger partial charge >= 0.3 is 0 Å². The number of para-hydroxylation sites is 2. The van der Waals surface area contributed by atoms with Crippen molar-refractivity contribution < 1.29 is 4.74 Å². The monoisotopic (exact) mass is 214 g/mol. The Morgan fingerprint density at radius 1 is 0.867 bits per heavy atom. The number of hydrogen-bond acceptors (Lipinski definition) is 2. The summed E-state index contributed by atoms with van der Waals surface area (Å²) in [5.41, 5.74) is 1.26. The molecule has 2 aromatic carbocycles. The second-order valence-corrected chi connectivity index (χ2v) is 4.46. The van der Waals surface area contributed by atoms with E-state index in [4.69, 9.17) is 4.74 Å². The first kappa shape index (κ1) is 8.86. The van der Waals surface area contributed by atoms with Gasteiger partial charge in [-0.3, -0.25) is 0 Å². The van der Waals surface area contributed by atoms with Gasteiger partial charge in [-0.05, 0) is 18.2 Å². The second-order valence-electron chi connectivity index (χ2n) is 3.45. The quantitative estimate of drug-likeness (QED) is 0.653. The summed E-state index contributed by atoms with van der Waals surface area (Å²) in [6.07, 6.45) is 0. The molecule has 0 spiro atoms. The molecular formula is C13H10OS. The zero-order valence-corrected chi connectivity index (χ0v) is 8.96. The van der Waals surface area contributed by atoms with E-state index in [2.05, 4.69) is 18.2 Å². The third-order valence-corrected chi connectivity index (χ3v) is 3.53. The molecule has 1 nitrogen and oxygen atoms in total. The van der Waals surface area contributed by atoms with Gasteiger partial charge in [-0.25, -0.2) is 0 Å². The molecule has 2 heteroatoms. The molecule has 2 aromatic rings. The minimum Gasteiger partial charge on any atom is -0.456 e. The van der Waals surface area contributed by atoms with Crippen LogP contribution in [-0.4, -0.2) is 0 Å². The van der Waals surface area contributed by atoms with Crippen molar-refractivity contribution in [3.63, 3.8) is 0 Å². The standard InChI is InChI=1S/C13H10OS/c1-2-6-11-10(5-1)9-15-13-8-4-3-7-12(13)14-11/h1-8H,9H2. The Balaban J connectivity index is 2.10. The highest BCUT2D eigenvalue weighted by atomic mass is 32.2. The molecule has 1 aliphatic rings. The molecule has 15 heavy (non-hydrogen) atoms. The maximum atomic E-state index is 5.88. The van der Waals surface area contributed by atoms with Crippen molar-refractivity contribution in [3.8, 4) is 11.5 Å². The molecule has 0 aliphatic carbocycles. The van der Waals surface area contributed by atoms with Crippen LogP contribution in [0.3, 0.4) is 0 Å². The topological polar surface area (TPSA) is 9.23 Å². The third-order valence-electron chi connectivity index (χ3n) is 2.42. The molecule has 0 N–H and O–H groups in total. The van der Waals surface area contributed by atoms with E-state index >= 15 is 0 Å². The number of hydrogen-bond donors (Lipinski definition) is 0. The van der Waals surface area contributed by atoms with Crippen LogP contribution in [0.4, 0.5) is 0 Å². The van der Waals surface area contributed by atoms with Crippen LogP contribution in [0.5, 0.6) is 11.5 Å². The van der Waals surface area contributed by atoms with E-state index in [1.165, 1.54) is 10.5 Å². The van der Waals surface area contributed by atoms with Gasteiger partial charge in [0.15, 0.2) is 0 Å². The third kappa shape index (κ3) is 1.61. The lowest BCUT2D eigenvalue weighted by atomic mass is 10.2. The number of fused-ring (bicyclic) bond motifs is 2. The van der Waals surface area contributed by atoms with Gasteiger partial charge in [-0.15, -0.1) is 11.8 Å². The molecule has 0 saturated heterocycles. The van der Waals surface area contributed by atoms with Gasteiger partial charge in [0, 0.05) is 11.3 Å². The Bertz CT molecular complexity index is 448. The predicted octanol–water partition coefficient (Wildman–Crippen LogP) is 4.08. The average molecular weight is 214 g/mol. The summed E-state index contributed by atoms with van der Waals surface area (Å²) in [5, 5.41) is 0. The highest BCUT2D eigenvalue weighted by Gasteiger charge is 2.13. The maximum Gasteiger partial charge on any atom is 0.141 e. The molecule has 0 saturated carbocycles. The Hall–Kier alpha value is -1.41. The molecular weight excluding hydrogens is 204 g/mol. The van der Waals surface area contributed by atoms with Gasteiger partial charge < -0.3 is 4.74 Å². The molecule has 0 radical (unpaired) electrons. The van der Waals surface area contributed by atoms with Crippen LogP contribution in [-0.2, 0) is 5.75 Å².